The molecule has 0 atom stereocenters. The van der Waals surface area contributed by atoms with Crippen LogP contribution in [0.2, 0.25) is 5.02 Å². The maximum Gasteiger partial charge on any atom is 0.191 e. The van der Waals surface area contributed by atoms with E-state index in [1.807, 2.05) is 24.3 Å². The van der Waals surface area contributed by atoms with Gasteiger partial charge in [-0.2, -0.15) is 0 Å². The van der Waals surface area contributed by atoms with E-state index < -0.39 is 0 Å². The van der Waals surface area contributed by atoms with E-state index in [1.165, 1.54) is 11.3 Å². The Morgan fingerprint density at radius 1 is 1.10 bits per heavy atom. The number of aliphatic hydroxyl groups is 1. The Kier molecular flexibility index (Phi) is 8.20. The standard InChI is InChI=1S/C23H31ClN4O/c1-2-25-23(27-16-20-4-3-5-21(24)14-20)26-15-18-6-8-22(9-7-18)28-12-10-19(17-29)11-13-28/h3-9,14,19,29H,2,10-13,15-17H2,1H3,(H2,25,26,27). The molecule has 0 saturated carbocycles. The third-order valence-electron chi connectivity index (χ3n) is 5.29. The largest absolute Gasteiger partial charge is 0.396 e. The summed E-state index contributed by atoms with van der Waals surface area (Å²) in [4.78, 5) is 7.06. The number of piperidine rings is 1. The summed E-state index contributed by atoms with van der Waals surface area (Å²) in [6, 6.07) is 16.5. The molecule has 1 aliphatic heterocycles. The molecule has 2 aromatic carbocycles. The molecule has 0 aromatic heterocycles. The number of rotatable bonds is 7. The number of hydrogen-bond acceptors (Lipinski definition) is 3. The van der Waals surface area contributed by atoms with Gasteiger partial charge in [0.1, 0.15) is 0 Å². The van der Waals surface area contributed by atoms with Gasteiger partial charge in [-0.05, 0) is 61.1 Å². The Morgan fingerprint density at radius 3 is 2.52 bits per heavy atom. The molecule has 5 nitrogen and oxygen atoms in total. The molecule has 1 fully saturated rings. The van der Waals surface area contributed by atoms with Crippen molar-refractivity contribution < 1.29 is 5.11 Å². The molecule has 1 aliphatic rings. The monoisotopic (exact) mass is 414 g/mol. The van der Waals surface area contributed by atoms with Crippen molar-refractivity contribution in [2.45, 2.75) is 32.9 Å². The predicted octanol–water partition coefficient (Wildman–Crippen LogP) is 3.80. The third kappa shape index (κ3) is 6.65. The van der Waals surface area contributed by atoms with Crippen molar-refractivity contribution in [2.24, 2.45) is 10.9 Å². The Bertz CT molecular complexity index is 786. The van der Waals surface area contributed by atoms with E-state index in [0.29, 0.717) is 25.6 Å². The number of nitrogens with one attached hydrogen (secondary N) is 2. The van der Waals surface area contributed by atoms with Crippen molar-refractivity contribution in [2.75, 3.05) is 31.1 Å². The quantitative estimate of drug-likeness (QED) is 0.476. The average molecular weight is 415 g/mol. The summed E-state index contributed by atoms with van der Waals surface area (Å²) in [7, 11) is 0. The first-order valence-electron chi connectivity index (χ1n) is 10.4. The highest BCUT2D eigenvalue weighted by Crippen LogP contribution is 2.23. The van der Waals surface area contributed by atoms with Crippen molar-refractivity contribution in [1.82, 2.24) is 10.6 Å². The van der Waals surface area contributed by atoms with Crippen LogP contribution in [-0.4, -0.2) is 37.3 Å². The van der Waals surface area contributed by atoms with Crippen LogP contribution < -0.4 is 15.5 Å². The molecule has 3 rings (SSSR count). The van der Waals surface area contributed by atoms with Crippen LogP contribution in [0.5, 0.6) is 0 Å². The highest BCUT2D eigenvalue weighted by molar-refractivity contribution is 6.30. The molecule has 1 heterocycles. The summed E-state index contributed by atoms with van der Waals surface area (Å²) in [6.45, 7) is 6.51. The molecule has 0 radical (unpaired) electrons. The van der Waals surface area contributed by atoms with E-state index in [-0.39, 0.29) is 0 Å². The number of guanidine groups is 1. The summed E-state index contributed by atoms with van der Waals surface area (Å²) in [5.74, 6) is 1.26. The van der Waals surface area contributed by atoms with Gasteiger partial charge in [0.25, 0.3) is 0 Å². The zero-order valence-corrected chi connectivity index (χ0v) is 17.8. The van der Waals surface area contributed by atoms with Crippen LogP contribution in [0.1, 0.15) is 30.9 Å². The predicted molar refractivity (Wildman–Crippen MR) is 122 cm³/mol. The average Bonchev–Trinajstić information content (AvgIpc) is 2.76. The summed E-state index contributed by atoms with van der Waals surface area (Å²) >= 11 is 6.05. The molecule has 1 saturated heterocycles. The zero-order valence-electron chi connectivity index (χ0n) is 17.1. The number of halogens is 1. The summed E-state index contributed by atoms with van der Waals surface area (Å²) in [5.41, 5.74) is 3.56. The van der Waals surface area contributed by atoms with Crippen LogP contribution in [0.25, 0.3) is 0 Å². The lowest BCUT2D eigenvalue weighted by Crippen LogP contribution is -2.36. The Morgan fingerprint density at radius 2 is 1.86 bits per heavy atom. The van der Waals surface area contributed by atoms with Crippen molar-refractivity contribution >= 4 is 23.2 Å². The van der Waals surface area contributed by atoms with Crippen LogP contribution in [0.4, 0.5) is 5.69 Å². The number of benzene rings is 2. The molecule has 0 unspecified atom stereocenters. The van der Waals surface area contributed by atoms with Crippen LogP contribution in [0, 0.1) is 5.92 Å². The van der Waals surface area contributed by atoms with Crippen LogP contribution in [-0.2, 0) is 13.1 Å². The Labute approximate surface area is 178 Å². The minimum Gasteiger partial charge on any atom is -0.396 e. The van der Waals surface area contributed by atoms with Crippen molar-refractivity contribution in [3.8, 4) is 0 Å². The van der Waals surface area contributed by atoms with Crippen LogP contribution in [0.15, 0.2) is 53.5 Å². The second-order valence-corrected chi connectivity index (χ2v) is 7.89. The highest BCUT2D eigenvalue weighted by atomic mass is 35.5. The fourth-order valence-corrected chi connectivity index (χ4v) is 3.74. The van der Waals surface area contributed by atoms with Gasteiger partial charge in [0.15, 0.2) is 5.96 Å². The van der Waals surface area contributed by atoms with E-state index in [4.69, 9.17) is 11.6 Å². The van der Waals surface area contributed by atoms with Crippen molar-refractivity contribution in [3.63, 3.8) is 0 Å². The molecular weight excluding hydrogens is 384 g/mol. The van der Waals surface area contributed by atoms with E-state index >= 15 is 0 Å². The summed E-state index contributed by atoms with van der Waals surface area (Å²) < 4.78 is 0. The molecule has 3 N–H and O–H groups in total. The first kappa shape index (κ1) is 21.5. The van der Waals surface area contributed by atoms with Gasteiger partial charge in [0, 0.05) is 43.5 Å². The van der Waals surface area contributed by atoms with Crippen molar-refractivity contribution in [3.05, 3.63) is 64.7 Å². The second kappa shape index (κ2) is 11.1. The topological polar surface area (TPSA) is 59.9 Å². The maximum absolute atomic E-state index is 9.30. The molecule has 0 aliphatic carbocycles. The first-order chi connectivity index (χ1) is 14.2. The molecule has 156 valence electrons. The van der Waals surface area contributed by atoms with Gasteiger partial charge >= 0.3 is 0 Å². The SMILES string of the molecule is CCNC(=NCc1cccc(Cl)c1)NCc1ccc(N2CCC(CO)CC2)cc1. The number of aliphatic hydroxyl groups excluding tert-OH is 1. The number of aliphatic imine (C=N–C) groups is 1. The van der Waals surface area contributed by atoms with Crippen LogP contribution >= 0.6 is 11.6 Å². The maximum atomic E-state index is 9.30. The number of hydrogen-bond donors (Lipinski definition) is 3. The lowest BCUT2D eigenvalue weighted by molar-refractivity contribution is 0.203. The Balaban J connectivity index is 1.53. The van der Waals surface area contributed by atoms with Gasteiger partial charge in [-0.1, -0.05) is 35.9 Å². The summed E-state index contributed by atoms with van der Waals surface area (Å²) in [5, 5.41) is 16.7. The van der Waals surface area contributed by atoms with E-state index in [9.17, 15) is 5.11 Å². The number of nitrogens with zero attached hydrogens (tertiary/aromatic N) is 2. The minimum atomic E-state index is 0.311. The van der Waals surface area contributed by atoms with Crippen molar-refractivity contribution in [1.29, 1.82) is 0 Å². The minimum absolute atomic E-state index is 0.311. The third-order valence-corrected chi connectivity index (χ3v) is 5.52. The smallest absolute Gasteiger partial charge is 0.191 e. The Hall–Kier alpha value is -2.24. The molecular formula is C23H31ClN4O. The lowest BCUT2D eigenvalue weighted by atomic mass is 9.97. The van der Waals surface area contributed by atoms with Gasteiger partial charge in [-0.3, -0.25) is 0 Å². The first-order valence-corrected chi connectivity index (χ1v) is 10.8. The fraction of sp³-hybridized carbons (Fsp3) is 0.435. The van der Waals surface area contributed by atoms with Gasteiger partial charge < -0.3 is 20.6 Å². The van der Waals surface area contributed by atoms with Gasteiger partial charge in [0.2, 0.25) is 0 Å². The van der Waals surface area contributed by atoms with Gasteiger partial charge in [-0.25, -0.2) is 4.99 Å². The van der Waals surface area contributed by atoms with E-state index in [0.717, 1.165) is 49.0 Å². The molecule has 29 heavy (non-hydrogen) atoms. The molecule has 0 bridgehead atoms. The molecule has 2 aromatic rings. The fourth-order valence-electron chi connectivity index (χ4n) is 3.53. The lowest BCUT2D eigenvalue weighted by Gasteiger charge is -2.33. The van der Waals surface area contributed by atoms with E-state index in [1.54, 1.807) is 0 Å². The zero-order chi connectivity index (χ0) is 20.5. The highest BCUT2D eigenvalue weighted by Gasteiger charge is 2.18. The second-order valence-electron chi connectivity index (χ2n) is 7.46. The molecule has 6 heteroatoms. The molecule has 0 amide bonds. The van der Waals surface area contributed by atoms with Crippen LogP contribution in [0.3, 0.4) is 0 Å². The number of anilines is 1. The van der Waals surface area contributed by atoms with Gasteiger partial charge in [-0.15, -0.1) is 0 Å². The molecule has 0 spiro atoms. The summed E-state index contributed by atoms with van der Waals surface area (Å²) in [6.07, 6.45) is 2.13. The normalized spacial score (nSPS) is 15.4. The van der Waals surface area contributed by atoms with Gasteiger partial charge in [0.05, 0.1) is 6.54 Å². The van der Waals surface area contributed by atoms with E-state index in [2.05, 4.69) is 51.7 Å².